The molecule has 1 aromatic heterocycles. The second-order valence-corrected chi connectivity index (χ2v) is 6.57. The summed E-state index contributed by atoms with van der Waals surface area (Å²) >= 11 is 0. The van der Waals surface area contributed by atoms with E-state index in [0.717, 1.165) is 22.6 Å². The minimum Gasteiger partial charge on any atom is -0.301 e. The normalized spacial score (nSPS) is 11.9. The largest absolute Gasteiger partial charge is 0.301 e. The minimum absolute atomic E-state index is 0.0274. The van der Waals surface area contributed by atoms with Gasteiger partial charge in [-0.1, -0.05) is 42.5 Å². The van der Waals surface area contributed by atoms with E-state index in [1.54, 1.807) is 7.05 Å². The molecule has 0 spiro atoms. The summed E-state index contributed by atoms with van der Waals surface area (Å²) in [6.45, 7) is 0. The Morgan fingerprint density at radius 1 is 1.00 bits per heavy atom. The summed E-state index contributed by atoms with van der Waals surface area (Å²) in [6.07, 6.45) is 1.13. The Kier molecular flexibility index (Phi) is 2.83. The van der Waals surface area contributed by atoms with E-state index >= 15 is 0 Å². The Labute approximate surface area is 116 Å². The molecule has 0 amide bonds. The van der Waals surface area contributed by atoms with Crippen molar-refractivity contribution in [3.63, 3.8) is 0 Å². The third kappa shape index (κ3) is 1.98. The predicted octanol–water partition coefficient (Wildman–Crippen LogP) is 2.04. The van der Waals surface area contributed by atoms with E-state index < -0.39 is 9.84 Å². The van der Waals surface area contributed by atoms with Crippen LogP contribution in [0.5, 0.6) is 0 Å². The molecule has 0 aliphatic heterocycles. The molecule has 102 valence electrons. The molecule has 0 saturated carbocycles. The fourth-order valence-electron chi connectivity index (χ4n) is 2.29. The van der Waals surface area contributed by atoms with Crippen molar-refractivity contribution in [1.29, 1.82) is 0 Å². The number of benzene rings is 2. The summed E-state index contributed by atoms with van der Waals surface area (Å²) in [6, 6.07) is 13.7. The molecule has 0 aliphatic carbocycles. The highest BCUT2D eigenvalue weighted by Crippen LogP contribution is 2.27. The maximum Gasteiger partial charge on any atom is 0.249 e. The molecule has 0 unspecified atom stereocenters. The number of hydrogen-bond donors (Lipinski definition) is 0. The smallest absolute Gasteiger partial charge is 0.249 e. The van der Waals surface area contributed by atoms with Crippen LogP contribution in [0.25, 0.3) is 22.2 Å². The third-order valence-electron chi connectivity index (χ3n) is 3.20. The van der Waals surface area contributed by atoms with Crippen molar-refractivity contribution >= 4 is 20.6 Å². The second kappa shape index (κ2) is 4.42. The van der Waals surface area contributed by atoms with Gasteiger partial charge in [0.15, 0.2) is 5.82 Å². The first-order valence-corrected chi connectivity index (χ1v) is 7.95. The highest BCUT2D eigenvalue weighted by atomic mass is 32.2. The summed E-state index contributed by atoms with van der Waals surface area (Å²) < 4.78 is 24.8. The lowest BCUT2D eigenvalue weighted by molar-refractivity contribution is 0.584. The van der Waals surface area contributed by atoms with Gasteiger partial charge in [0, 0.05) is 18.9 Å². The molecular weight excluding hydrogens is 274 g/mol. The monoisotopic (exact) mass is 287 g/mol. The van der Waals surface area contributed by atoms with Gasteiger partial charge < -0.3 is 4.57 Å². The van der Waals surface area contributed by atoms with Gasteiger partial charge in [0.05, 0.1) is 0 Å². The van der Waals surface area contributed by atoms with E-state index in [1.165, 1.54) is 4.57 Å². The molecule has 6 heteroatoms. The molecule has 20 heavy (non-hydrogen) atoms. The Morgan fingerprint density at radius 3 is 2.40 bits per heavy atom. The van der Waals surface area contributed by atoms with E-state index in [1.807, 2.05) is 42.5 Å². The van der Waals surface area contributed by atoms with Crippen molar-refractivity contribution in [2.24, 2.45) is 7.05 Å². The van der Waals surface area contributed by atoms with Crippen molar-refractivity contribution in [3.8, 4) is 11.4 Å². The van der Waals surface area contributed by atoms with Gasteiger partial charge in [-0.05, 0) is 10.8 Å². The SMILES string of the molecule is Cn1c(-c2cccc3ccccc23)nnc1S(C)(=O)=O. The zero-order valence-corrected chi connectivity index (χ0v) is 11.9. The molecule has 1 heterocycles. The molecule has 0 bridgehead atoms. The van der Waals surface area contributed by atoms with Gasteiger partial charge in [-0.2, -0.15) is 0 Å². The molecule has 5 nitrogen and oxygen atoms in total. The molecule has 0 saturated heterocycles. The van der Waals surface area contributed by atoms with Gasteiger partial charge in [0.25, 0.3) is 0 Å². The van der Waals surface area contributed by atoms with Crippen LogP contribution in [0.4, 0.5) is 0 Å². The quantitative estimate of drug-likeness (QED) is 0.723. The van der Waals surface area contributed by atoms with Crippen LogP contribution < -0.4 is 0 Å². The molecule has 2 aromatic carbocycles. The number of nitrogens with zero attached hydrogens (tertiary/aromatic N) is 3. The molecule has 0 N–H and O–H groups in total. The Balaban J connectivity index is 2.30. The average molecular weight is 287 g/mol. The van der Waals surface area contributed by atoms with Crippen LogP contribution in [0.1, 0.15) is 0 Å². The molecule has 0 radical (unpaired) electrons. The van der Waals surface area contributed by atoms with Gasteiger partial charge in [-0.15, -0.1) is 10.2 Å². The van der Waals surface area contributed by atoms with Crippen molar-refractivity contribution in [3.05, 3.63) is 42.5 Å². The molecule has 3 rings (SSSR count). The summed E-state index contributed by atoms with van der Waals surface area (Å²) in [4.78, 5) is 0. The predicted molar refractivity (Wildman–Crippen MR) is 77.1 cm³/mol. The molecule has 0 aliphatic rings. The lowest BCUT2D eigenvalue weighted by Gasteiger charge is -2.06. The van der Waals surface area contributed by atoms with Gasteiger partial charge in [0.2, 0.25) is 15.0 Å². The van der Waals surface area contributed by atoms with Gasteiger partial charge >= 0.3 is 0 Å². The van der Waals surface area contributed by atoms with E-state index in [4.69, 9.17) is 0 Å². The molecule has 0 atom stereocenters. The number of fused-ring (bicyclic) bond motifs is 1. The first kappa shape index (κ1) is 12.8. The van der Waals surface area contributed by atoms with E-state index in [2.05, 4.69) is 10.2 Å². The van der Waals surface area contributed by atoms with Crippen LogP contribution in [-0.2, 0) is 16.9 Å². The second-order valence-electron chi connectivity index (χ2n) is 4.66. The highest BCUT2D eigenvalue weighted by molar-refractivity contribution is 7.90. The zero-order valence-electron chi connectivity index (χ0n) is 11.1. The van der Waals surface area contributed by atoms with Crippen LogP contribution in [0.15, 0.2) is 47.6 Å². The maximum absolute atomic E-state index is 11.6. The number of hydrogen-bond acceptors (Lipinski definition) is 4. The lowest BCUT2D eigenvalue weighted by atomic mass is 10.0. The van der Waals surface area contributed by atoms with Crippen molar-refractivity contribution < 1.29 is 8.42 Å². The average Bonchev–Trinajstić information content (AvgIpc) is 2.80. The summed E-state index contributed by atoms with van der Waals surface area (Å²) in [7, 11) is -1.72. The van der Waals surface area contributed by atoms with E-state index in [9.17, 15) is 8.42 Å². The Bertz CT molecular complexity index is 892. The van der Waals surface area contributed by atoms with E-state index in [-0.39, 0.29) is 5.16 Å². The van der Waals surface area contributed by atoms with Gasteiger partial charge in [0.1, 0.15) is 0 Å². The highest BCUT2D eigenvalue weighted by Gasteiger charge is 2.19. The van der Waals surface area contributed by atoms with Crippen LogP contribution in [-0.4, -0.2) is 29.4 Å². The molecule has 0 fully saturated rings. The zero-order chi connectivity index (χ0) is 14.3. The molecular formula is C14H13N3O2S. The van der Waals surface area contributed by atoms with Crippen molar-refractivity contribution in [2.75, 3.05) is 6.26 Å². The standard InChI is InChI=1S/C14H13N3O2S/c1-17-13(15-16-14(17)20(2,18)19)12-9-5-7-10-6-3-4-8-11(10)12/h3-9H,1-2H3. The van der Waals surface area contributed by atoms with Gasteiger partial charge in [-0.25, -0.2) is 8.42 Å². The molecule has 3 aromatic rings. The first-order valence-electron chi connectivity index (χ1n) is 6.06. The maximum atomic E-state index is 11.6. The van der Waals surface area contributed by atoms with E-state index in [0.29, 0.717) is 5.82 Å². The Hall–Kier alpha value is -2.21. The fraction of sp³-hybridized carbons (Fsp3) is 0.143. The number of rotatable bonds is 2. The number of aromatic nitrogens is 3. The van der Waals surface area contributed by atoms with Crippen LogP contribution in [0, 0.1) is 0 Å². The van der Waals surface area contributed by atoms with Gasteiger partial charge in [-0.3, -0.25) is 0 Å². The third-order valence-corrected chi connectivity index (χ3v) is 4.22. The minimum atomic E-state index is -3.38. The van der Waals surface area contributed by atoms with Crippen LogP contribution in [0.3, 0.4) is 0 Å². The summed E-state index contributed by atoms with van der Waals surface area (Å²) in [5.41, 5.74) is 0.869. The fourth-order valence-corrected chi connectivity index (χ4v) is 3.07. The Morgan fingerprint density at radius 2 is 1.70 bits per heavy atom. The first-order chi connectivity index (χ1) is 9.48. The lowest BCUT2D eigenvalue weighted by Crippen LogP contribution is -2.06. The topological polar surface area (TPSA) is 64.8 Å². The summed E-state index contributed by atoms with van der Waals surface area (Å²) in [5.74, 6) is 0.544. The van der Waals surface area contributed by atoms with Crippen LogP contribution in [0.2, 0.25) is 0 Å². The van der Waals surface area contributed by atoms with Crippen molar-refractivity contribution in [2.45, 2.75) is 5.16 Å². The van der Waals surface area contributed by atoms with Crippen LogP contribution >= 0.6 is 0 Å². The summed E-state index contributed by atoms with van der Waals surface area (Å²) in [5, 5.41) is 9.90. The van der Waals surface area contributed by atoms with Crippen molar-refractivity contribution in [1.82, 2.24) is 14.8 Å². The number of sulfone groups is 1.